The van der Waals surface area contributed by atoms with E-state index in [0.29, 0.717) is 11.5 Å². The van der Waals surface area contributed by atoms with Gasteiger partial charge < -0.3 is 8.98 Å². The van der Waals surface area contributed by atoms with Crippen LogP contribution >= 0.6 is 0 Å². The third-order valence-electron chi connectivity index (χ3n) is 11.3. The lowest BCUT2D eigenvalue weighted by Gasteiger charge is -2.42. The second-order valence-corrected chi connectivity index (χ2v) is 15.3. The molecule has 1 aliphatic rings. The van der Waals surface area contributed by atoms with Crippen molar-refractivity contribution in [2.45, 2.75) is 51.4 Å². The predicted molar refractivity (Wildman–Crippen MR) is 207 cm³/mol. The summed E-state index contributed by atoms with van der Waals surface area (Å²) in [7, 11) is 0. The Hall–Kier alpha value is -5.74. The maximum absolute atomic E-state index is 6.37. The Kier molecular flexibility index (Phi) is 6.06. The predicted octanol–water partition coefficient (Wildman–Crippen LogP) is 12.3. The first kappa shape index (κ1) is 29.2. The van der Waals surface area contributed by atoms with Crippen molar-refractivity contribution in [2.24, 2.45) is 0 Å². The van der Waals surface area contributed by atoms with Gasteiger partial charge in [0.1, 0.15) is 5.58 Å². The fourth-order valence-electron chi connectivity index (χ4n) is 8.38. The van der Waals surface area contributed by atoms with Crippen LogP contribution in [0.1, 0.15) is 51.7 Å². The lowest BCUT2D eigenvalue weighted by atomic mass is 9.63. The van der Waals surface area contributed by atoms with Crippen molar-refractivity contribution < 1.29 is 4.42 Å². The van der Waals surface area contributed by atoms with E-state index in [1.54, 1.807) is 0 Å². The van der Waals surface area contributed by atoms with Crippen LogP contribution in [0.2, 0.25) is 0 Å². The first-order chi connectivity index (χ1) is 24.2. The molecule has 4 nitrogen and oxygen atoms in total. The summed E-state index contributed by atoms with van der Waals surface area (Å²) in [4.78, 5) is 10.3. The van der Waals surface area contributed by atoms with E-state index in [9.17, 15) is 0 Å². The van der Waals surface area contributed by atoms with Crippen LogP contribution in [0.15, 0.2) is 132 Å². The quantitative estimate of drug-likeness (QED) is 0.192. The first-order valence-corrected chi connectivity index (χ1v) is 17.6. The van der Waals surface area contributed by atoms with Gasteiger partial charge in [-0.15, -0.1) is 0 Å². The summed E-state index contributed by atoms with van der Waals surface area (Å²) in [6, 6.07) is 45.6. The Morgan fingerprint density at radius 2 is 1.20 bits per heavy atom. The molecule has 50 heavy (non-hydrogen) atoms. The number of rotatable bonds is 3. The number of furan rings is 1. The minimum Gasteiger partial charge on any atom is -0.438 e. The number of para-hydroxylation sites is 1. The smallest absolute Gasteiger partial charge is 0.231 e. The normalized spacial score (nSPS) is 15.4. The van der Waals surface area contributed by atoms with E-state index in [4.69, 9.17) is 14.4 Å². The summed E-state index contributed by atoms with van der Waals surface area (Å²) in [5.74, 6) is 0.642. The molecule has 3 heterocycles. The number of nitrogens with zero attached hydrogens (tertiary/aromatic N) is 3. The van der Waals surface area contributed by atoms with E-state index in [2.05, 4.69) is 135 Å². The molecule has 6 aromatic carbocycles. The highest BCUT2D eigenvalue weighted by atomic mass is 16.3. The topological polar surface area (TPSA) is 43.9 Å². The molecule has 0 radical (unpaired) electrons. The lowest BCUT2D eigenvalue weighted by molar-refractivity contribution is 0.332. The number of fused-ring (bicyclic) bond motifs is 8. The van der Waals surface area contributed by atoms with Gasteiger partial charge in [0.25, 0.3) is 0 Å². The van der Waals surface area contributed by atoms with E-state index >= 15 is 0 Å². The van der Waals surface area contributed by atoms with Crippen LogP contribution in [-0.4, -0.2) is 14.5 Å². The molecular weight excluding hydrogens is 611 g/mol. The molecule has 3 aromatic heterocycles. The second-order valence-electron chi connectivity index (χ2n) is 15.3. The number of aromatic nitrogens is 3. The molecule has 0 bridgehead atoms. The van der Waals surface area contributed by atoms with Gasteiger partial charge in [-0.05, 0) is 88.0 Å². The van der Waals surface area contributed by atoms with Crippen LogP contribution in [0.3, 0.4) is 0 Å². The fraction of sp³-hybridized carbons (Fsp3) is 0.174. The third kappa shape index (κ3) is 4.31. The maximum Gasteiger partial charge on any atom is 0.231 e. The van der Waals surface area contributed by atoms with Gasteiger partial charge in [-0.2, -0.15) is 4.98 Å². The molecule has 0 aliphatic heterocycles. The summed E-state index contributed by atoms with van der Waals surface area (Å²) in [6.07, 6.45) is 2.35. The first-order valence-electron chi connectivity index (χ1n) is 17.6. The summed E-state index contributed by atoms with van der Waals surface area (Å²) < 4.78 is 8.82. The molecular formula is C46H37N3O. The monoisotopic (exact) mass is 647 g/mol. The highest BCUT2D eigenvalue weighted by Gasteiger charge is 2.38. The summed E-state index contributed by atoms with van der Waals surface area (Å²) >= 11 is 0. The standard InChI is InChI=1S/C46H37N3O/c1-45(2)21-22-46(3,4)37-27-39-35(26-36(37)45)34-24-29-15-8-9-16-30(29)25-38(34)49(39)32-18-12-17-31(23-32)43-47-42(28-13-6-5-7-14-28)41-33-19-10-11-20-40(33)50-44(41)48-43/h5-20,23-27H,21-22H2,1-4H3. The summed E-state index contributed by atoms with van der Waals surface area (Å²) in [5.41, 5.74) is 10.9. The van der Waals surface area contributed by atoms with Gasteiger partial charge in [0.15, 0.2) is 5.82 Å². The number of hydrogen-bond acceptors (Lipinski definition) is 3. The Balaban J connectivity index is 1.25. The lowest BCUT2D eigenvalue weighted by Crippen LogP contribution is -2.33. The minimum atomic E-state index is 0.0938. The van der Waals surface area contributed by atoms with Crippen molar-refractivity contribution in [3.8, 4) is 28.3 Å². The van der Waals surface area contributed by atoms with Crippen molar-refractivity contribution in [2.75, 3.05) is 0 Å². The summed E-state index contributed by atoms with van der Waals surface area (Å²) in [5, 5.41) is 7.03. The largest absolute Gasteiger partial charge is 0.438 e. The molecule has 0 atom stereocenters. The van der Waals surface area contributed by atoms with Gasteiger partial charge in [0, 0.05) is 33.0 Å². The molecule has 1 aliphatic carbocycles. The Labute approximate surface area is 291 Å². The van der Waals surface area contributed by atoms with Crippen molar-refractivity contribution >= 4 is 54.6 Å². The molecule has 10 rings (SSSR count). The van der Waals surface area contributed by atoms with Gasteiger partial charge in [-0.3, -0.25) is 0 Å². The summed E-state index contributed by atoms with van der Waals surface area (Å²) in [6.45, 7) is 9.64. The maximum atomic E-state index is 6.37. The van der Waals surface area contributed by atoms with Crippen LogP contribution in [-0.2, 0) is 10.8 Å². The van der Waals surface area contributed by atoms with E-state index in [1.807, 2.05) is 24.3 Å². The van der Waals surface area contributed by atoms with E-state index in [0.717, 1.165) is 38.9 Å². The Morgan fingerprint density at radius 3 is 2.00 bits per heavy atom. The molecule has 0 saturated carbocycles. The number of benzene rings is 6. The van der Waals surface area contributed by atoms with E-state index in [1.165, 1.54) is 56.5 Å². The minimum absolute atomic E-state index is 0.0938. The van der Waals surface area contributed by atoms with Gasteiger partial charge >= 0.3 is 0 Å². The van der Waals surface area contributed by atoms with Gasteiger partial charge in [-0.1, -0.05) is 113 Å². The average molecular weight is 648 g/mol. The molecule has 0 N–H and O–H groups in total. The van der Waals surface area contributed by atoms with Gasteiger partial charge in [0.05, 0.1) is 22.1 Å². The van der Waals surface area contributed by atoms with Crippen molar-refractivity contribution in [3.63, 3.8) is 0 Å². The van der Waals surface area contributed by atoms with Gasteiger partial charge in [0.2, 0.25) is 5.71 Å². The molecule has 0 spiro atoms. The number of hydrogen-bond donors (Lipinski definition) is 0. The molecule has 9 aromatic rings. The van der Waals surface area contributed by atoms with Crippen LogP contribution < -0.4 is 0 Å². The average Bonchev–Trinajstić information content (AvgIpc) is 3.67. The van der Waals surface area contributed by atoms with Crippen LogP contribution in [0.5, 0.6) is 0 Å². The van der Waals surface area contributed by atoms with Crippen LogP contribution in [0.4, 0.5) is 0 Å². The Morgan fingerprint density at radius 1 is 0.560 bits per heavy atom. The van der Waals surface area contributed by atoms with Crippen molar-refractivity contribution in [1.82, 2.24) is 14.5 Å². The van der Waals surface area contributed by atoms with Crippen molar-refractivity contribution in [1.29, 1.82) is 0 Å². The van der Waals surface area contributed by atoms with Crippen LogP contribution in [0.25, 0.3) is 83.0 Å². The molecule has 0 saturated heterocycles. The zero-order chi connectivity index (χ0) is 33.8. The highest BCUT2D eigenvalue weighted by Crippen LogP contribution is 2.49. The molecule has 242 valence electrons. The van der Waals surface area contributed by atoms with Crippen LogP contribution in [0, 0.1) is 0 Å². The molecule has 4 heteroatoms. The Bertz CT molecular complexity index is 2820. The molecule has 0 unspecified atom stereocenters. The molecule has 0 amide bonds. The van der Waals surface area contributed by atoms with E-state index in [-0.39, 0.29) is 10.8 Å². The van der Waals surface area contributed by atoms with E-state index < -0.39 is 0 Å². The zero-order valence-electron chi connectivity index (χ0n) is 28.8. The second kappa shape index (κ2) is 10.4. The molecule has 0 fully saturated rings. The SMILES string of the molecule is CC1(C)CCC(C)(C)c2cc3c(cc21)c1cc2ccccc2cc1n3-c1cccc(-c2nc(-c3ccccc3)c3c(n2)oc2ccccc23)c1. The zero-order valence-corrected chi connectivity index (χ0v) is 28.8. The third-order valence-corrected chi connectivity index (χ3v) is 11.3. The highest BCUT2D eigenvalue weighted by molar-refractivity contribution is 6.14. The van der Waals surface area contributed by atoms with Crippen molar-refractivity contribution in [3.05, 3.63) is 139 Å². The fourth-order valence-corrected chi connectivity index (χ4v) is 8.38. The van der Waals surface area contributed by atoms with Gasteiger partial charge in [-0.25, -0.2) is 4.98 Å².